The first-order valence-electron chi connectivity index (χ1n) is 9.58. The van der Waals surface area contributed by atoms with Gasteiger partial charge in [0.2, 0.25) is 0 Å². The highest BCUT2D eigenvalue weighted by molar-refractivity contribution is 5.93. The number of nitrogens with zero attached hydrogens (tertiary/aromatic N) is 1. The van der Waals surface area contributed by atoms with Gasteiger partial charge in [0.05, 0.1) is 13.2 Å². The summed E-state index contributed by atoms with van der Waals surface area (Å²) in [4.78, 5) is 16.1. The lowest BCUT2D eigenvalue weighted by molar-refractivity contribution is 0.0529. The van der Waals surface area contributed by atoms with Gasteiger partial charge in [-0.2, -0.15) is 0 Å². The lowest BCUT2D eigenvalue weighted by atomic mass is 10.2. The van der Waals surface area contributed by atoms with Crippen molar-refractivity contribution in [2.45, 2.75) is 39.7 Å². The van der Waals surface area contributed by atoms with Gasteiger partial charge < -0.3 is 30.2 Å². The van der Waals surface area contributed by atoms with Gasteiger partial charge >= 0.3 is 6.09 Å². The molecule has 0 heterocycles. The van der Waals surface area contributed by atoms with E-state index in [-0.39, 0.29) is 0 Å². The highest BCUT2D eigenvalue weighted by Crippen LogP contribution is 2.17. The molecule has 1 aromatic rings. The van der Waals surface area contributed by atoms with Crippen LogP contribution in [0.3, 0.4) is 0 Å². The zero-order valence-corrected chi connectivity index (χ0v) is 17.6. The zero-order valence-electron chi connectivity index (χ0n) is 17.6. The minimum atomic E-state index is -0.513. The van der Waals surface area contributed by atoms with Crippen LogP contribution in [0.1, 0.15) is 34.1 Å². The fourth-order valence-electron chi connectivity index (χ4n) is 2.14. The summed E-state index contributed by atoms with van der Waals surface area (Å²) in [6.07, 6.45) is 0.391. The fraction of sp³-hybridized carbons (Fsp3) is 0.600. The molecule has 0 unspecified atom stereocenters. The minimum absolute atomic E-state index is 0.383. The second kappa shape index (κ2) is 12.8. The van der Waals surface area contributed by atoms with Crippen LogP contribution in [0.25, 0.3) is 0 Å². The molecule has 3 N–H and O–H groups in total. The molecule has 0 aliphatic heterocycles. The number of guanidine groups is 1. The molecule has 28 heavy (non-hydrogen) atoms. The van der Waals surface area contributed by atoms with Crippen molar-refractivity contribution in [2.24, 2.45) is 4.99 Å². The van der Waals surface area contributed by atoms with Crippen LogP contribution in [0, 0.1) is 0 Å². The second-order valence-electron chi connectivity index (χ2n) is 7.04. The van der Waals surface area contributed by atoms with Crippen LogP contribution in [0.4, 0.5) is 10.5 Å². The van der Waals surface area contributed by atoms with Crippen LogP contribution in [0.15, 0.2) is 29.3 Å². The van der Waals surface area contributed by atoms with Crippen molar-refractivity contribution >= 4 is 17.7 Å². The van der Waals surface area contributed by atoms with Crippen molar-refractivity contribution in [3.63, 3.8) is 0 Å². The van der Waals surface area contributed by atoms with Crippen molar-refractivity contribution in [3.8, 4) is 5.75 Å². The molecular formula is C20H34N4O4. The number of hydrogen-bond acceptors (Lipinski definition) is 5. The van der Waals surface area contributed by atoms with Crippen LogP contribution in [0.5, 0.6) is 5.75 Å². The van der Waals surface area contributed by atoms with Gasteiger partial charge in [-0.05, 0) is 39.8 Å². The minimum Gasteiger partial charge on any atom is -0.493 e. The predicted molar refractivity (Wildman–Crippen MR) is 112 cm³/mol. The first kappa shape index (κ1) is 23.6. The number of methoxy groups -OCH3 is 1. The first-order chi connectivity index (χ1) is 13.3. The van der Waals surface area contributed by atoms with Crippen molar-refractivity contribution in [2.75, 3.05) is 45.3 Å². The van der Waals surface area contributed by atoms with Gasteiger partial charge in [0.1, 0.15) is 11.4 Å². The summed E-state index contributed by atoms with van der Waals surface area (Å²) >= 11 is 0. The first-order valence-corrected chi connectivity index (χ1v) is 9.58. The molecule has 1 aromatic carbocycles. The number of ether oxygens (including phenoxy) is 3. The van der Waals surface area contributed by atoms with Gasteiger partial charge in [0.15, 0.2) is 5.96 Å². The number of carbonyl (C=O) groups is 1. The number of alkyl carbamates (subject to hydrolysis) is 1. The Kier molecular flexibility index (Phi) is 10.8. The standard InChI is InChI=1S/C20H34N4O4/c1-6-21-18(22-11-12-23-19(25)28-20(2,3)4)24-16-9-7-10-17(15-16)27-14-8-13-26-5/h7,9-10,15H,6,8,11-14H2,1-5H3,(H,23,25)(H2,21,22,24). The molecule has 0 atom stereocenters. The Morgan fingerprint density at radius 1 is 1.18 bits per heavy atom. The van der Waals surface area contributed by atoms with E-state index in [9.17, 15) is 4.79 Å². The number of nitrogens with one attached hydrogen (secondary N) is 3. The Balaban J connectivity index is 2.52. The van der Waals surface area contributed by atoms with E-state index in [2.05, 4.69) is 20.9 Å². The largest absolute Gasteiger partial charge is 0.493 e. The Bertz CT molecular complexity index is 614. The summed E-state index contributed by atoms with van der Waals surface area (Å²) in [6.45, 7) is 10.3. The average Bonchev–Trinajstić information content (AvgIpc) is 2.61. The molecule has 0 saturated carbocycles. The van der Waals surface area contributed by atoms with Gasteiger partial charge in [-0.1, -0.05) is 6.07 Å². The maximum absolute atomic E-state index is 11.7. The molecule has 8 nitrogen and oxygen atoms in total. The number of benzene rings is 1. The number of hydrogen-bond donors (Lipinski definition) is 3. The van der Waals surface area contributed by atoms with E-state index in [1.54, 1.807) is 7.11 Å². The maximum atomic E-state index is 11.7. The summed E-state index contributed by atoms with van der Waals surface area (Å²) in [5.74, 6) is 1.41. The Morgan fingerprint density at radius 3 is 2.64 bits per heavy atom. The molecule has 158 valence electrons. The van der Waals surface area contributed by atoms with Crippen LogP contribution >= 0.6 is 0 Å². The quantitative estimate of drug-likeness (QED) is 0.321. The van der Waals surface area contributed by atoms with Crippen LogP contribution < -0.4 is 20.7 Å². The Hall–Kier alpha value is -2.48. The maximum Gasteiger partial charge on any atom is 0.407 e. The van der Waals surface area contributed by atoms with Crippen LogP contribution in [-0.2, 0) is 9.47 Å². The predicted octanol–water partition coefficient (Wildman–Crippen LogP) is 3.00. The lowest BCUT2D eigenvalue weighted by Crippen LogP contribution is -2.35. The third kappa shape index (κ3) is 11.3. The number of anilines is 1. The summed E-state index contributed by atoms with van der Waals surface area (Å²) in [6, 6.07) is 7.68. The van der Waals surface area contributed by atoms with Crippen molar-refractivity contribution in [3.05, 3.63) is 24.3 Å². The van der Waals surface area contributed by atoms with E-state index in [1.165, 1.54) is 0 Å². The Morgan fingerprint density at radius 2 is 1.96 bits per heavy atom. The zero-order chi connectivity index (χ0) is 20.8. The fourth-order valence-corrected chi connectivity index (χ4v) is 2.14. The molecule has 0 aliphatic rings. The SMILES string of the molecule is CCNC(=NCCNC(=O)OC(C)(C)C)Nc1cccc(OCCCOC)c1. The van der Waals surface area contributed by atoms with Crippen LogP contribution in [0.2, 0.25) is 0 Å². The molecule has 1 rings (SSSR count). The van der Waals surface area contributed by atoms with Crippen LogP contribution in [-0.4, -0.2) is 57.6 Å². The average molecular weight is 395 g/mol. The lowest BCUT2D eigenvalue weighted by Gasteiger charge is -2.19. The molecule has 0 bridgehead atoms. The number of carbonyl (C=O) groups excluding carboxylic acids is 1. The van der Waals surface area contributed by atoms with Crippen molar-refractivity contribution in [1.29, 1.82) is 0 Å². The van der Waals surface area contributed by atoms with Gasteiger partial charge in [-0.25, -0.2) is 4.79 Å². The number of rotatable bonds is 10. The molecular weight excluding hydrogens is 360 g/mol. The Labute approximate surface area is 168 Å². The molecule has 0 aromatic heterocycles. The molecule has 0 aliphatic carbocycles. The highest BCUT2D eigenvalue weighted by Gasteiger charge is 2.15. The second-order valence-corrected chi connectivity index (χ2v) is 7.04. The summed E-state index contributed by atoms with van der Waals surface area (Å²) in [5.41, 5.74) is 0.351. The van der Waals surface area contributed by atoms with Gasteiger partial charge in [-0.15, -0.1) is 0 Å². The molecule has 1 amide bonds. The van der Waals surface area contributed by atoms with E-state index < -0.39 is 11.7 Å². The smallest absolute Gasteiger partial charge is 0.407 e. The highest BCUT2D eigenvalue weighted by atomic mass is 16.6. The molecule has 0 fully saturated rings. The monoisotopic (exact) mass is 394 g/mol. The third-order valence-corrected chi connectivity index (χ3v) is 3.25. The van der Waals surface area contributed by atoms with E-state index in [4.69, 9.17) is 14.2 Å². The third-order valence-electron chi connectivity index (χ3n) is 3.25. The van der Waals surface area contributed by atoms with Crippen molar-refractivity contribution in [1.82, 2.24) is 10.6 Å². The molecule has 0 radical (unpaired) electrons. The molecule has 0 saturated heterocycles. The van der Waals surface area contributed by atoms with E-state index in [0.29, 0.717) is 32.3 Å². The summed E-state index contributed by atoms with van der Waals surface area (Å²) in [5, 5.41) is 9.10. The summed E-state index contributed by atoms with van der Waals surface area (Å²) < 4.78 is 15.9. The van der Waals surface area contributed by atoms with E-state index >= 15 is 0 Å². The number of aliphatic imine (C=N–C) groups is 1. The molecule has 0 spiro atoms. The topological polar surface area (TPSA) is 93.2 Å². The van der Waals surface area contributed by atoms with Gasteiger partial charge in [-0.3, -0.25) is 4.99 Å². The normalized spacial score (nSPS) is 11.7. The van der Waals surface area contributed by atoms with Gasteiger partial charge in [0, 0.05) is 45.0 Å². The summed E-state index contributed by atoms with van der Waals surface area (Å²) in [7, 11) is 1.68. The van der Waals surface area contributed by atoms with E-state index in [0.717, 1.165) is 24.4 Å². The number of amides is 1. The molecule has 8 heteroatoms. The van der Waals surface area contributed by atoms with E-state index in [1.807, 2.05) is 52.0 Å². The van der Waals surface area contributed by atoms with Crippen molar-refractivity contribution < 1.29 is 19.0 Å². The van der Waals surface area contributed by atoms with Gasteiger partial charge in [0.25, 0.3) is 0 Å².